The first kappa shape index (κ1) is 13.5. The Balaban J connectivity index is 2.20. The van der Waals surface area contributed by atoms with Gasteiger partial charge in [-0.2, -0.15) is 4.98 Å². The van der Waals surface area contributed by atoms with Crippen molar-refractivity contribution in [3.63, 3.8) is 0 Å². The lowest BCUT2D eigenvalue weighted by Crippen LogP contribution is -2.39. The van der Waals surface area contributed by atoms with E-state index in [0.717, 1.165) is 36.9 Å². The minimum atomic E-state index is -0.0643. The SMILES string of the molecule is CCC(C)c1noc(C2(CN)CCC(C)CC2)n1. The van der Waals surface area contributed by atoms with Crippen LogP contribution in [0.25, 0.3) is 0 Å². The summed E-state index contributed by atoms with van der Waals surface area (Å²) in [5, 5.41) is 4.13. The van der Waals surface area contributed by atoms with Crippen LogP contribution in [0.1, 0.15) is 70.5 Å². The van der Waals surface area contributed by atoms with Crippen LogP contribution in [0.15, 0.2) is 4.52 Å². The van der Waals surface area contributed by atoms with Gasteiger partial charge >= 0.3 is 0 Å². The smallest absolute Gasteiger partial charge is 0.234 e. The molecule has 1 unspecified atom stereocenters. The molecular formula is C14H25N3O. The lowest BCUT2D eigenvalue weighted by molar-refractivity contribution is 0.191. The van der Waals surface area contributed by atoms with Gasteiger partial charge in [0, 0.05) is 12.5 Å². The van der Waals surface area contributed by atoms with Gasteiger partial charge in [-0.25, -0.2) is 0 Å². The van der Waals surface area contributed by atoms with E-state index in [1.807, 2.05) is 0 Å². The molecule has 0 saturated heterocycles. The molecule has 1 atom stereocenters. The van der Waals surface area contributed by atoms with Gasteiger partial charge in [-0.15, -0.1) is 0 Å². The molecule has 102 valence electrons. The minimum Gasteiger partial charge on any atom is -0.339 e. The lowest BCUT2D eigenvalue weighted by atomic mass is 9.71. The van der Waals surface area contributed by atoms with Gasteiger partial charge in [0.2, 0.25) is 5.89 Å². The van der Waals surface area contributed by atoms with E-state index in [9.17, 15) is 0 Å². The second-order valence-electron chi connectivity index (χ2n) is 5.93. The highest BCUT2D eigenvalue weighted by Crippen LogP contribution is 2.40. The highest BCUT2D eigenvalue weighted by Gasteiger charge is 2.39. The Morgan fingerprint density at radius 2 is 2.11 bits per heavy atom. The van der Waals surface area contributed by atoms with Crippen molar-refractivity contribution in [3.05, 3.63) is 11.7 Å². The Hall–Kier alpha value is -0.900. The Labute approximate surface area is 109 Å². The summed E-state index contributed by atoms with van der Waals surface area (Å²) in [6.45, 7) is 7.19. The van der Waals surface area contributed by atoms with Crippen molar-refractivity contribution >= 4 is 0 Å². The summed E-state index contributed by atoms with van der Waals surface area (Å²) in [7, 11) is 0. The first-order chi connectivity index (χ1) is 8.61. The van der Waals surface area contributed by atoms with Crippen LogP contribution in [0.2, 0.25) is 0 Å². The molecule has 1 aromatic rings. The van der Waals surface area contributed by atoms with Crippen LogP contribution in [0.5, 0.6) is 0 Å². The van der Waals surface area contributed by atoms with Crippen molar-refractivity contribution in [2.45, 2.75) is 64.2 Å². The summed E-state index contributed by atoms with van der Waals surface area (Å²) in [5.41, 5.74) is 5.94. The molecule has 0 radical (unpaired) electrons. The summed E-state index contributed by atoms with van der Waals surface area (Å²) in [4.78, 5) is 4.61. The Morgan fingerprint density at radius 1 is 1.44 bits per heavy atom. The summed E-state index contributed by atoms with van der Waals surface area (Å²) in [6.07, 6.45) is 5.60. The third-order valence-corrected chi connectivity index (χ3v) is 4.57. The van der Waals surface area contributed by atoms with E-state index in [1.54, 1.807) is 0 Å². The van der Waals surface area contributed by atoms with Crippen molar-refractivity contribution in [3.8, 4) is 0 Å². The van der Waals surface area contributed by atoms with Gasteiger partial charge in [-0.3, -0.25) is 0 Å². The van der Waals surface area contributed by atoms with E-state index in [1.165, 1.54) is 12.8 Å². The van der Waals surface area contributed by atoms with Gasteiger partial charge in [-0.1, -0.05) is 25.9 Å². The van der Waals surface area contributed by atoms with Crippen LogP contribution in [0.3, 0.4) is 0 Å². The second-order valence-corrected chi connectivity index (χ2v) is 5.93. The van der Waals surface area contributed by atoms with Crippen molar-refractivity contribution < 1.29 is 4.52 Å². The van der Waals surface area contributed by atoms with Crippen LogP contribution in [0, 0.1) is 5.92 Å². The monoisotopic (exact) mass is 251 g/mol. The Bertz CT molecular complexity index is 380. The van der Waals surface area contributed by atoms with E-state index in [-0.39, 0.29) is 5.41 Å². The van der Waals surface area contributed by atoms with Crippen LogP contribution < -0.4 is 5.73 Å². The molecule has 2 rings (SSSR count). The zero-order valence-electron chi connectivity index (χ0n) is 11.8. The van der Waals surface area contributed by atoms with Gasteiger partial charge < -0.3 is 10.3 Å². The topological polar surface area (TPSA) is 64.9 Å². The highest BCUT2D eigenvalue weighted by molar-refractivity contribution is 5.09. The van der Waals surface area contributed by atoms with Crippen molar-refractivity contribution in [1.29, 1.82) is 0 Å². The van der Waals surface area contributed by atoms with E-state index in [2.05, 4.69) is 30.9 Å². The number of nitrogens with zero attached hydrogens (tertiary/aromatic N) is 2. The molecule has 1 aromatic heterocycles. The third kappa shape index (κ3) is 2.44. The minimum absolute atomic E-state index is 0.0643. The van der Waals surface area contributed by atoms with Gasteiger partial charge in [0.25, 0.3) is 0 Å². The molecule has 2 N–H and O–H groups in total. The molecule has 1 saturated carbocycles. The van der Waals surface area contributed by atoms with Crippen LogP contribution in [-0.4, -0.2) is 16.7 Å². The largest absolute Gasteiger partial charge is 0.339 e. The lowest BCUT2D eigenvalue weighted by Gasteiger charge is -2.35. The van der Waals surface area contributed by atoms with Gasteiger partial charge in [0.1, 0.15) is 0 Å². The summed E-state index contributed by atoms with van der Waals surface area (Å²) in [5.74, 6) is 2.76. The van der Waals surface area contributed by atoms with Crippen molar-refractivity contribution in [2.75, 3.05) is 6.54 Å². The van der Waals surface area contributed by atoms with E-state index < -0.39 is 0 Å². The Kier molecular flexibility index (Phi) is 4.05. The van der Waals surface area contributed by atoms with Crippen LogP contribution in [0.4, 0.5) is 0 Å². The van der Waals surface area contributed by atoms with Crippen molar-refractivity contribution in [1.82, 2.24) is 10.1 Å². The maximum absolute atomic E-state index is 6.01. The molecular weight excluding hydrogens is 226 g/mol. The fourth-order valence-electron chi connectivity index (χ4n) is 2.65. The summed E-state index contributed by atoms with van der Waals surface area (Å²) < 4.78 is 5.52. The molecule has 18 heavy (non-hydrogen) atoms. The number of rotatable bonds is 4. The zero-order valence-corrected chi connectivity index (χ0v) is 11.8. The maximum Gasteiger partial charge on any atom is 0.234 e. The fraction of sp³-hybridized carbons (Fsp3) is 0.857. The van der Waals surface area contributed by atoms with Gasteiger partial charge in [0.15, 0.2) is 5.82 Å². The molecule has 0 amide bonds. The van der Waals surface area contributed by atoms with Gasteiger partial charge in [-0.05, 0) is 38.0 Å². The Morgan fingerprint density at radius 3 is 2.67 bits per heavy atom. The van der Waals surface area contributed by atoms with E-state index in [4.69, 9.17) is 10.3 Å². The van der Waals surface area contributed by atoms with E-state index in [0.29, 0.717) is 12.5 Å². The van der Waals surface area contributed by atoms with E-state index >= 15 is 0 Å². The fourth-order valence-corrected chi connectivity index (χ4v) is 2.65. The van der Waals surface area contributed by atoms with Crippen molar-refractivity contribution in [2.24, 2.45) is 11.7 Å². The predicted molar refractivity (Wildman–Crippen MR) is 71.4 cm³/mol. The number of aromatic nitrogens is 2. The quantitative estimate of drug-likeness (QED) is 0.893. The average molecular weight is 251 g/mol. The zero-order chi connectivity index (χ0) is 13.2. The predicted octanol–water partition coefficient (Wildman–Crippen LogP) is 2.99. The van der Waals surface area contributed by atoms with Crippen LogP contribution >= 0.6 is 0 Å². The summed E-state index contributed by atoms with van der Waals surface area (Å²) >= 11 is 0. The molecule has 1 aliphatic carbocycles. The molecule has 0 bridgehead atoms. The first-order valence-electron chi connectivity index (χ1n) is 7.15. The molecule has 1 fully saturated rings. The standard InChI is InChI=1S/C14H25N3O/c1-4-11(3)12-16-13(18-17-12)14(9-15)7-5-10(2)6-8-14/h10-11H,4-9,15H2,1-3H3. The normalized spacial score (nSPS) is 30.3. The number of hydrogen-bond acceptors (Lipinski definition) is 4. The van der Waals surface area contributed by atoms with Gasteiger partial charge in [0.05, 0.1) is 5.41 Å². The van der Waals surface area contributed by atoms with Crippen LogP contribution in [-0.2, 0) is 5.41 Å². The molecule has 4 nitrogen and oxygen atoms in total. The molecule has 1 heterocycles. The molecule has 0 aliphatic heterocycles. The average Bonchev–Trinajstić information content (AvgIpc) is 2.89. The highest BCUT2D eigenvalue weighted by atomic mass is 16.5. The molecule has 0 aromatic carbocycles. The number of hydrogen-bond donors (Lipinski definition) is 1. The molecule has 1 aliphatic rings. The number of nitrogens with two attached hydrogens (primary N) is 1. The molecule has 4 heteroatoms. The maximum atomic E-state index is 6.01. The third-order valence-electron chi connectivity index (χ3n) is 4.57. The second kappa shape index (κ2) is 5.39. The summed E-state index contributed by atoms with van der Waals surface area (Å²) in [6, 6.07) is 0. The first-order valence-corrected chi connectivity index (χ1v) is 7.15. The molecule has 0 spiro atoms.